The zero-order chi connectivity index (χ0) is 14.8. The van der Waals surface area contributed by atoms with Crippen LogP contribution in [0.15, 0.2) is 18.2 Å². The zero-order valence-corrected chi connectivity index (χ0v) is 13.4. The summed E-state index contributed by atoms with van der Waals surface area (Å²) < 4.78 is 5.32. The van der Waals surface area contributed by atoms with E-state index in [-0.39, 0.29) is 10.8 Å². The third-order valence-electron chi connectivity index (χ3n) is 3.43. The van der Waals surface area contributed by atoms with E-state index < -0.39 is 6.10 Å². The van der Waals surface area contributed by atoms with E-state index in [1.165, 1.54) is 5.56 Å². The topological polar surface area (TPSA) is 29.5 Å². The highest BCUT2D eigenvalue weighted by Crippen LogP contribution is 2.38. The highest BCUT2D eigenvalue weighted by Gasteiger charge is 2.28. The van der Waals surface area contributed by atoms with E-state index in [0.717, 1.165) is 17.7 Å². The summed E-state index contributed by atoms with van der Waals surface area (Å²) in [4.78, 5) is 0. The fourth-order valence-electron chi connectivity index (χ4n) is 2.91. The van der Waals surface area contributed by atoms with E-state index in [1.54, 1.807) is 14.0 Å². The van der Waals surface area contributed by atoms with Gasteiger partial charge in [0.2, 0.25) is 0 Å². The van der Waals surface area contributed by atoms with Gasteiger partial charge in [-0.1, -0.05) is 40.7 Å². The zero-order valence-electron chi connectivity index (χ0n) is 13.4. The highest BCUT2D eigenvalue weighted by atomic mass is 16.5. The van der Waals surface area contributed by atoms with Crippen molar-refractivity contribution in [2.75, 3.05) is 7.11 Å². The molecule has 108 valence electrons. The molecule has 0 fully saturated rings. The van der Waals surface area contributed by atoms with Gasteiger partial charge in [0, 0.05) is 5.56 Å². The van der Waals surface area contributed by atoms with Crippen molar-refractivity contribution in [1.82, 2.24) is 0 Å². The van der Waals surface area contributed by atoms with Gasteiger partial charge in [-0.15, -0.1) is 0 Å². The molecule has 0 aliphatic carbocycles. The molecule has 1 unspecified atom stereocenters. The van der Waals surface area contributed by atoms with Crippen molar-refractivity contribution in [2.24, 2.45) is 5.41 Å². The number of methoxy groups -OCH3 is 1. The summed E-state index contributed by atoms with van der Waals surface area (Å²) in [5.74, 6) is 0.755. The number of hydrogen-bond donors (Lipinski definition) is 1. The molecule has 0 saturated heterocycles. The van der Waals surface area contributed by atoms with Crippen LogP contribution < -0.4 is 4.74 Å². The molecule has 2 nitrogen and oxygen atoms in total. The van der Waals surface area contributed by atoms with E-state index >= 15 is 0 Å². The maximum Gasteiger partial charge on any atom is 0.124 e. The van der Waals surface area contributed by atoms with Crippen molar-refractivity contribution in [2.45, 2.75) is 59.5 Å². The minimum absolute atomic E-state index is 0.0775. The first kappa shape index (κ1) is 16.0. The summed E-state index contributed by atoms with van der Waals surface area (Å²) in [5.41, 5.74) is 2.46. The third kappa shape index (κ3) is 4.24. The van der Waals surface area contributed by atoms with Gasteiger partial charge in [0.1, 0.15) is 5.75 Å². The van der Waals surface area contributed by atoms with Crippen molar-refractivity contribution in [1.29, 1.82) is 0 Å². The molecule has 2 heteroatoms. The lowest BCUT2D eigenvalue weighted by Gasteiger charge is -2.33. The molecule has 1 N–H and O–H groups in total. The average molecular weight is 264 g/mol. The van der Waals surface area contributed by atoms with Gasteiger partial charge < -0.3 is 9.84 Å². The van der Waals surface area contributed by atoms with Gasteiger partial charge in [-0.3, -0.25) is 0 Å². The first-order valence-electron chi connectivity index (χ1n) is 6.93. The lowest BCUT2D eigenvalue weighted by molar-refractivity contribution is 0.194. The molecule has 0 radical (unpaired) electrons. The van der Waals surface area contributed by atoms with Gasteiger partial charge >= 0.3 is 0 Å². The van der Waals surface area contributed by atoms with Crippen molar-refractivity contribution in [3.8, 4) is 5.75 Å². The molecule has 1 atom stereocenters. The van der Waals surface area contributed by atoms with Crippen LogP contribution in [0.4, 0.5) is 0 Å². The predicted octanol–water partition coefficient (Wildman–Crippen LogP) is 4.46. The molecule has 1 aromatic rings. The Morgan fingerprint density at radius 1 is 1.16 bits per heavy atom. The van der Waals surface area contributed by atoms with E-state index in [4.69, 9.17) is 4.74 Å². The Bertz CT molecular complexity index is 425. The fourth-order valence-corrected chi connectivity index (χ4v) is 2.91. The molecule has 1 aromatic carbocycles. The lowest BCUT2D eigenvalue weighted by atomic mass is 9.72. The van der Waals surface area contributed by atoms with Crippen LogP contribution in [0.25, 0.3) is 0 Å². The summed E-state index contributed by atoms with van der Waals surface area (Å²) in [6.45, 7) is 13.1. The minimum atomic E-state index is -0.514. The molecule has 0 aliphatic rings. The summed E-state index contributed by atoms with van der Waals surface area (Å²) in [6, 6.07) is 6.15. The van der Waals surface area contributed by atoms with Crippen molar-refractivity contribution in [3.05, 3.63) is 29.3 Å². The highest BCUT2D eigenvalue weighted by molar-refractivity contribution is 5.41. The van der Waals surface area contributed by atoms with Gasteiger partial charge in [-0.05, 0) is 41.9 Å². The van der Waals surface area contributed by atoms with Crippen LogP contribution in [0.5, 0.6) is 5.75 Å². The molecule has 0 saturated carbocycles. The summed E-state index contributed by atoms with van der Waals surface area (Å²) in [6.07, 6.45) is 0.575. The smallest absolute Gasteiger partial charge is 0.124 e. The molecule has 19 heavy (non-hydrogen) atoms. The number of rotatable bonds is 4. The second kappa shape index (κ2) is 5.54. The largest absolute Gasteiger partial charge is 0.496 e. The van der Waals surface area contributed by atoms with E-state index in [0.29, 0.717) is 0 Å². The molecule has 0 spiro atoms. The Balaban J connectivity index is 3.17. The Kier molecular flexibility index (Phi) is 4.67. The number of aliphatic hydroxyl groups is 1. The molecular weight excluding hydrogens is 236 g/mol. The molecular formula is C17H28O2. The maximum absolute atomic E-state index is 9.88. The Hall–Kier alpha value is -1.02. The number of benzene rings is 1. The molecule has 0 heterocycles. The minimum Gasteiger partial charge on any atom is -0.496 e. The second-order valence-corrected chi connectivity index (χ2v) is 7.25. The van der Waals surface area contributed by atoms with Gasteiger partial charge in [0.05, 0.1) is 13.2 Å². The van der Waals surface area contributed by atoms with Gasteiger partial charge in [-0.25, -0.2) is 0 Å². The molecule has 0 bridgehead atoms. The molecule has 0 amide bonds. The Labute approximate surface area is 117 Å². The number of ether oxygens (including phenoxy) is 1. The van der Waals surface area contributed by atoms with E-state index in [9.17, 15) is 5.11 Å². The van der Waals surface area contributed by atoms with Crippen LogP contribution in [-0.2, 0) is 5.41 Å². The summed E-state index contributed by atoms with van der Waals surface area (Å²) in [7, 11) is 1.64. The quantitative estimate of drug-likeness (QED) is 0.870. The van der Waals surface area contributed by atoms with E-state index in [2.05, 4.69) is 46.8 Å². The summed E-state index contributed by atoms with van der Waals surface area (Å²) >= 11 is 0. The van der Waals surface area contributed by atoms with E-state index in [1.807, 2.05) is 6.07 Å². The first-order chi connectivity index (χ1) is 8.57. The van der Waals surface area contributed by atoms with Gasteiger partial charge in [0.15, 0.2) is 0 Å². The molecule has 0 aliphatic heterocycles. The van der Waals surface area contributed by atoms with Crippen molar-refractivity contribution < 1.29 is 9.84 Å². The van der Waals surface area contributed by atoms with Crippen molar-refractivity contribution >= 4 is 0 Å². The van der Waals surface area contributed by atoms with Crippen LogP contribution in [0.1, 0.15) is 65.2 Å². The predicted molar refractivity (Wildman–Crippen MR) is 80.7 cm³/mol. The molecule has 1 rings (SSSR count). The van der Waals surface area contributed by atoms with Gasteiger partial charge in [0.25, 0.3) is 0 Å². The van der Waals surface area contributed by atoms with Crippen LogP contribution in [0, 0.1) is 5.41 Å². The second-order valence-electron chi connectivity index (χ2n) is 7.25. The number of hydrogen-bond acceptors (Lipinski definition) is 2. The fraction of sp³-hybridized carbons (Fsp3) is 0.647. The van der Waals surface area contributed by atoms with Crippen LogP contribution >= 0.6 is 0 Å². The number of aliphatic hydroxyl groups excluding tert-OH is 1. The van der Waals surface area contributed by atoms with Crippen LogP contribution in [-0.4, -0.2) is 12.2 Å². The Morgan fingerprint density at radius 2 is 1.74 bits per heavy atom. The van der Waals surface area contributed by atoms with Crippen LogP contribution in [0.2, 0.25) is 0 Å². The summed E-state index contributed by atoms with van der Waals surface area (Å²) in [5, 5.41) is 9.88. The normalized spacial score (nSPS) is 14.3. The molecule has 0 aromatic heterocycles. The Morgan fingerprint density at radius 3 is 2.16 bits per heavy atom. The van der Waals surface area contributed by atoms with Crippen LogP contribution in [0.3, 0.4) is 0 Å². The average Bonchev–Trinajstić information content (AvgIpc) is 2.24. The SMILES string of the molecule is COc1ccc(C(C)(C)CC(C)(C)C)cc1C(C)O. The lowest BCUT2D eigenvalue weighted by Crippen LogP contribution is -2.25. The first-order valence-corrected chi connectivity index (χ1v) is 6.93. The van der Waals surface area contributed by atoms with Crippen molar-refractivity contribution in [3.63, 3.8) is 0 Å². The maximum atomic E-state index is 9.88. The van der Waals surface area contributed by atoms with Gasteiger partial charge in [-0.2, -0.15) is 0 Å². The standard InChI is InChI=1S/C17H28O2/c1-12(18)14-10-13(8-9-15(14)19-7)17(5,6)11-16(2,3)4/h8-10,12,18H,11H2,1-7H3. The monoisotopic (exact) mass is 264 g/mol. The third-order valence-corrected chi connectivity index (χ3v) is 3.43.